The van der Waals surface area contributed by atoms with E-state index in [2.05, 4.69) is 17.4 Å². The predicted molar refractivity (Wildman–Crippen MR) is 103 cm³/mol. The van der Waals surface area contributed by atoms with Gasteiger partial charge in [0, 0.05) is 12.8 Å². The van der Waals surface area contributed by atoms with Crippen molar-refractivity contribution < 1.29 is 19.0 Å². The van der Waals surface area contributed by atoms with Gasteiger partial charge >= 0.3 is 0 Å². The lowest BCUT2D eigenvalue weighted by atomic mass is 10.0. The van der Waals surface area contributed by atoms with Crippen molar-refractivity contribution in [3.63, 3.8) is 0 Å². The van der Waals surface area contributed by atoms with E-state index in [9.17, 15) is 4.79 Å². The molecule has 1 atom stereocenters. The van der Waals surface area contributed by atoms with Crippen molar-refractivity contribution in [2.45, 2.75) is 38.1 Å². The average Bonchev–Trinajstić information content (AvgIpc) is 3.31. The third-order valence-electron chi connectivity index (χ3n) is 5.45. The zero-order chi connectivity index (χ0) is 18.8. The minimum absolute atomic E-state index is 0.0423. The van der Waals surface area contributed by atoms with E-state index in [4.69, 9.17) is 14.2 Å². The summed E-state index contributed by atoms with van der Waals surface area (Å²) in [7, 11) is 3.28. The van der Waals surface area contributed by atoms with Gasteiger partial charge in [-0.25, -0.2) is 0 Å². The van der Waals surface area contributed by atoms with Crippen LogP contribution in [0.15, 0.2) is 30.3 Å². The summed E-state index contributed by atoms with van der Waals surface area (Å²) in [5.41, 5.74) is 4.79. The first-order valence-corrected chi connectivity index (χ1v) is 9.46. The third-order valence-corrected chi connectivity index (χ3v) is 5.45. The third kappa shape index (κ3) is 3.59. The summed E-state index contributed by atoms with van der Waals surface area (Å²) in [5.74, 6) is 2.51. The summed E-state index contributed by atoms with van der Waals surface area (Å²) in [6.45, 7) is 0.759. The van der Waals surface area contributed by atoms with E-state index >= 15 is 0 Å². The van der Waals surface area contributed by atoms with Crippen LogP contribution in [0.25, 0.3) is 0 Å². The van der Waals surface area contributed by atoms with Crippen molar-refractivity contribution in [2.75, 3.05) is 20.8 Å². The van der Waals surface area contributed by atoms with Gasteiger partial charge in [-0.1, -0.05) is 12.1 Å². The topological polar surface area (TPSA) is 56.8 Å². The van der Waals surface area contributed by atoms with E-state index in [-0.39, 0.29) is 11.9 Å². The van der Waals surface area contributed by atoms with Gasteiger partial charge in [0.15, 0.2) is 11.5 Å². The van der Waals surface area contributed by atoms with E-state index in [0.29, 0.717) is 12.2 Å². The number of carbonyl (C=O) groups excluding carboxylic acids is 1. The molecule has 0 bridgehead atoms. The van der Waals surface area contributed by atoms with Gasteiger partial charge in [0.1, 0.15) is 5.75 Å². The molecule has 1 amide bonds. The Morgan fingerprint density at radius 3 is 2.74 bits per heavy atom. The van der Waals surface area contributed by atoms with Crippen molar-refractivity contribution >= 4 is 5.91 Å². The van der Waals surface area contributed by atoms with Crippen LogP contribution in [0, 0.1) is 0 Å². The van der Waals surface area contributed by atoms with Crippen LogP contribution in [-0.4, -0.2) is 26.7 Å². The van der Waals surface area contributed by atoms with E-state index in [0.717, 1.165) is 49.4 Å². The Balaban J connectivity index is 1.38. The number of hydrogen-bond donors (Lipinski definition) is 1. The number of carbonyl (C=O) groups is 1. The molecular formula is C22H25NO4. The van der Waals surface area contributed by atoms with Crippen molar-refractivity contribution in [3.8, 4) is 17.2 Å². The fourth-order valence-electron chi connectivity index (χ4n) is 4.00. The van der Waals surface area contributed by atoms with Crippen LogP contribution in [0.1, 0.15) is 41.1 Å². The van der Waals surface area contributed by atoms with Gasteiger partial charge in [-0.15, -0.1) is 0 Å². The number of rotatable bonds is 6. The molecule has 0 spiro atoms. The van der Waals surface area contributed by atoms with E-state index in [1.807, 2.05) is 18.2 Å². The molecule has 1 unspecified atom stereocenters. The molecule has 27 heavy (non-hydrogen) atoms. The molecule has 5 heteroatoms. The van der Waals surface area contributed by atoms with E-state index in [1.165, 1.54) is 16.7 Å². The van der Waals surface area contributed by atoms with Crippen LogP contribution < -0.4 is 19.5 Å². The Hall–Kier alpha value is -2.69. The SMILES string of the molecule is COc1cc2c(cc1OC)C(NC(=O)CCc1ccc3c(c1)CCO3)CC2. The molecule has 0 saturated heterocycles. The highest BCUT2D eigenvalue weighted by Crippen LogP contribution is 2.39. The quantitative estimate of drug-likeness (QED) is 0.850. The van der Waals surface area contributed by atoms with Gasteiger partial charge in [0.2, 0.25) is 5.91 Å². The molecule has 4 rings (SSSR count). The number of aryl methyl sites for hydroxylation is 2. The second-order valence-electron chi connectivity index (χ2n) is 7.11. The van der Waals surface area contributed by atoms with Gasteiger partial charge in [0.05, 0.1) is 26.9 Å². The number of benzene rings is 2. The highest BCUT2D eigenvalue weighted by Gasteiger charge is 2.26. The summed E-state index contributed by atoms with van der Waals surface area (Å²) in [6, 6.07) is 10.3. The largest absolute Gasteiger partial charge is 0.493 e. The summed E-state index contributed by atoms with van der Waals surface area (Å²) in [4.78, 5) is 12.5. The number of nitrogens with one attached hydrogen (secondary N) is 1. The Kier molecular flexibility index (Phi) is 4.92. The van der Waals surface area contributed by atoms with Crippen molar-refractivity contribution in [1.29, 1.82) is 0 Å². The minimum Gasteiger partial charge on any atom is -0.493 e. The molecule has 1 aliphatic carbocycles. The lowest BCUT2D eigenvalue weighted by molar-refractivity contribution is -0.121. The van der Waals surface area contributed by atoms with Crippen molar-refractivity contribution in [3.05, 3.63) is 52.6 Å². The van der Waals surface area contributed by atoms with E-state index < -0.39 is 0 Å². The van der Waals surface area contributed by atoms with Crippen LogP contribution in [0.2, 0.25) is 0 Å². The number of hydrogen-bond acceptors (Lipinski definition) is 4. The monoisotopic (exact) mass is 367 g/mol. The summed E-state index contributed by atoms with van der Waals surface area (Å²) in [6.07, 6.45) is 4.03. The molecule has 2 aromatic rings. The fraction of sp³-hybridized carbons (Fsp3) is 0.409. The Morgan fingerprint density at radius 2 is 1.93 bits per heavy atom. The Morgan fingerprint density at radius 1 is 1.11 bits per heavy atom. The molecule has 0 fully saturated rings. The van der Waals surface area contributed by atoms with E-state index in [1.54, 1.807) is 14.2 Å². The van der Waals surface area contributed by atoms with Crippen LogP contribution in [-0.2, 0) is 24.1 Å². The highest BCUT2D eigenvalue weighted by atomic mass is 16.5. The first kappa shape index (κ1) is 17.7. The number of ether oxygens (including phenoxy) is 3. The maximum atomic E-state index is 12.5. The molecule has 5 nitrogen and oxygen atoms in total. The fourth-order valence-corrected chi connectivity index (χ4v) is 4.00. The minimum atomic E-state index is 0.0423. The predicted octanol–water partition coefficient (Wildman–Crippen LogP) is 3.38. The summed E-state index contributed by atoms with van der Waals surface area (Å²) in [5, 5.41) is 3.19. The highest BCUT2D eigenvalue weighted by molar-refractivity contribution is 5.77. The van der Waals surface area contributed by atoms with Gasteiger partial charge in [0.25, 0.3) is 0 Å². The number of methoxy groups -OCH3 is 2. The first-order chi connectivity index (χ1) is 13.2. The molecule has 1 heterocycles. The number of amides is 1. The smallest absolute Gasteiger partial charge is 0.220 e. The lowest BCUT2D eigenvalue weighted by Gasteiger charge is -2.16. The zero-order valence-electron chi connectivity index (χ0n) is 15.8. The number of fused-ring (bicyclic) bond motifs is 2. The normalized spacial score (nSPS) is 17.0. The first-order valence-electron chi connectivity index (χ1n) is 9.46. The van der Waals surface area contributed by atoms with Crippen LogP contribution in [0.3, 0.4) is 0 Å². The molecule has 2 aliphatic rings. The molecule has 0 radical (unpaired) electrons. The van der Waals surface area contributed by atoms with Gasteiger partial charge < -0.3 is 19.5 Å². The second kappa shape index (κ2) is 7.51. The van der Waals surface area contributed by atoms with Crippen LogP contribution in [0.5, 0.6) is 17.2 Å². The van der Waals surface area contributed by atoms with Gasteiger partial charge in [-0.05, 0) is 59.7 Å². The summed E-state index contributed by atoms with van der Waals surface area (Å²) >= 11 is 0. The standard InChI is InChI=1S/C22H25NO4/c1-25-20-12-15-5-6-18(17(15)13-21(20)26-2)23-22(24)8-4-14-3-7-19-16(11-14)9-10-27-19/h3,7,11-13,18H,4-6,8-10H2,1-2H3,(H,23,24). The summed E-state index contributed by atoms with van der Waals surface area (Å²) < 4.78 is 16.3. The maximum Gasteiger partial charge on any atom is 0.220 e. The van der Waals surface area contributed by atoms with Gasteiger partial charge in [-0.2, -0.15) is 0 Å². The Bertz CT molecular complexity index is 862. The van der Waals surface area contributed by atoms with Crippen molar-refractivity contribution in [2.24, 2.45) is 0 Å². The molecule has 1 N–H and O–H groups in total. The average molecular weight is 367 g/mol. The molecule has 0 aromatic heterocycles. The molecule has 142 valence electrons. The lowest BCUT2D eigenvalue weighted by Crippen LogP contribution is -2.27. The van der Waals surface area contributed by atoms with Crippen LogP contribution in [0.4, 0.5) is 0 Å². The zero-order valence-corrected chi connectivity index (χ0v) is 15.8. The molecular weight excluding hydrogens is 342 g/mol. The maximum absolute atomic E-state index is 12.5. The molecule has 2 aromatic carbocycles. The Labute approximate surface area is 159 Å². The van der Waals surface area contributed by atoms with Crippen molar-refractivity contribution in [1.82, 2.24) is 5.32 Å². The molecule has 0 saturated carbocycles. The second-order valence-corrected chi connectivity index (χ2v) is 7.11. The van der Waals surface area contributed by atoms with Gasteiger partial charge in [-0.3, -0.25) is 4.79 Å². The molecule has 1 aliphatic heterocycles. The van der Waals surface area contributed by atoms with Crippen LogP contribution >= 0.6 is 0 Å².